The van der Waals surface area contributed by atoms with Gasteiger partial charge in [-0.2, -0.15) is 5.10 Å². The Balaban J connectivity index is 1.66. The Bertz CT molecular complexity index is 903. The van der Waals surface area contributed by atoms with Gasteiger partial charge >= 0.3 is 0 Å². The highest BCUT2D eigenvalue weighted by molar-refractivity contribution is 5.91. The number of anilines is 1. The average Bonchev–Trinajstić information content (AvgIpc) is 3.17. The van der Waals surface area contributed by atoms with Crippen molar-refractivity contribution in [1.82, 2.24) is 20.1 Å². The molecule has 0 aliphatic heterocycles. The molecule has 0 bridgehead atoms. The van der Waals surface area contributed by atoms with Gasteiger partial charge in [0.25, 0.3) is 0 Å². The van der Waals surface area contributed by atoms with Crippen LogP contribution in [0, 0.1) is 6.92 Å². The molecule has 2 heterocycles. The third-order valence-electron chi connectivity index (χ3n) is 4.02. The fourth-order valence-electron chi connectivity index (χ4n) is 2.69. The van der Waals surface area contributed by atoms with Crippen molar-refractivity contribution >= 4 is 17.5 Å². The van der Waals surface area contributed by atoms with Crippen molar-refractivity contribution in [2.24, 2.45) is 0 Å². The van der Waals surface area contributed by atoms with Gasteiger partial charge in [0, 0.05) is 19.3 Å². The molecular weight excluding hydrogens is 342 g/mol. The highest BCUT2D eigenvalue weighted by atomic mass is 16.2. The second kappa shape index (κ2) is 8.27. The maximum atomic E-state index is 12.5. The van der Waals surface area contributed by atoms with E-state index in [0.29, 0.717) is 11.5 Å². The number of hydrogen-bond acceptors (Lipinski definition) is 4. The van der Waals surface area contributed by atoms with Crippen LogP contribution in [0.2, 0.25) is 0 Å². The van der Waals surface area contributed by atoms with Crippen LogP contribution >= 0.6 is 0 Å². The minimum atomic E-state index is -0.389. The molecule has 0 fully saturated rings. The molecule has 138 valence electrons. The Hall–Kier alpha value is -3.48. The van der Waals surface area contributed by atoms with Gasteiger partial charge in [-0.3, -0.25) is 9.59 Å². The van der Waals surface area contributed by atoms with E-state index < -0.39 is 0 Å². The van der Waals surface area contributed by atoms with E-state index in [4.69, 9.17) is 0 Å². The van der Waals surface area contributed by atoms with E-state index in [2.05, 4.69) is 20.7 Å². The lowest BCUT2D eigenvalue weighted by atomic mass is 10.0. The Morgan fingerprint density at radius 2 is 1.93 bits per heavy atom. The third-order valence-corrected chi connectivity index (χ3v) is 4.02. The summed E-state index contributed by atoms with van der Waals surface area (Å²) in [6.07, 6.45) is 5.17. The van der Waals surface area contributed by atoms with Crippen LogP contribution in [0.15, 0.2) is 61.1 Å². The summed E-state index contributed by atoms with van der Waals surface area (Å²) >= 11 is 0. The molecule has 0 spiro atoms. The van der Waals surface area contributed by atoms with Crippen molar-refractivity contribution in [1.29, 1.82) is 0 Å². The van der Waals surface area contributed by atoms with Gasteiger partial charge < -0.3 is 10.6 Å². The number of nitrogens with zero attached hydrogens (tertiary/aromatic N) is 3. The number of aromatic nitrogens is 3. The number of benzene rings is 1. The number of carbonyl (C=O) groups is 2. The summed E-state index contributed by atoms with van der Waals surface area (Å²) in [5.41, 5.74) is 2.59. The van der Waals surface area contributed by atoms with Gasteiger partial charge in [0.1, 0.15) is 0 Å². The fraction of sp³-hybridized carbons (Fsp3) is 0.200. The zero-order valence-electron chi connectivity index (χ0n) is 15.2. The lowest BCUT2D eigenvalue weighted by Crippen LogP contribution is -2.29. The number of amides is 2. The summed E-state index contributed by atoms with van der Waals surface area (Å²) in [7, 11) is 0. The smallest absolute Gasteiger partial charge is 0.226 e. The lowest BCUT2D eigenvalue weighted by molar-refractivity contribution is -0.120. The van der Waals surface area contributed by atoms with Gasteiger partial charge in [0.2, 0.25) is 11.8 Å². The van der Waals surface area contributed by atoms with Crippen LogP contribution in [0.25, 0.3) is 5.82 Å². The van der Waals surface area contributed by atoms with Crippen molar-refractivity contribution in [3.05, 3.63) is 72.2 Å². The monoisotopic (exact) mass is 363 g/mol. The molecule has 3 aromatic rings. The molecule has 0 unspecified atom stereocenters. The first-order chi connectivity index (χ1) is 13.0. The second-order valence-electron chi connectivity index (χ2n) is 6.27. The molecule has 2 amide bonds. The SMILES string of the molecule is CC(=O)N[C@@H](CC(=O)Nc1ccc(-n2cccn2)nc1)c1ccc(C)cc1. The summed E-state index contributed by atoms with van der Waals surface area (Å²) in [5.74, 6) is 0.273. The van der Waals surface area contributed by atoms with E-state index >= 15 is 0 Å². The number of hydrogen-bond donors (Lipinski definition) is 2. The Kier molecular flexibility index (Phi) is 5.61. The summed E-state index contributed by atoms with van der Waals surface area (Å²) in [4.78, 5) is 28.3. The molecule has 2 N–H and O–H groups in total. The topological polar surface area (TPSA) is 88.9 Å². The molecular formula is C20H21N5O2. The van der Waals surface area contributed by atoms with Gasteiger partial charge in [0.15, 0.2) is 5.82 Å². The van der Waals surface area contributed by atoms with Crippen LogP contribution in [0.5, 0.6) is 0 Å². The Morgan fingerprint density at radius 1 is 1.15 bits per heavy atom. The van der Waals surface area contributed by atoms with Crippen LogP contribution < -0.4 is 10.6 Å². The summed E-state index contributed by atoms with van der Waals surface area (Å²) < 4.78 is 1.63. The van der Waals surface area contributed by atoms with E-state index in [-0.39, 0.29) is 24.3 Å². The van der Waals surface area contributed by atoms with Crippen LogP contribution in [-0.4, -0.2) is 26.6 Å². The molecule has 0 saturated carbocycles. The maximum absolute atomic E-state index is 12.5. The van der Waals surface area contributed by atoms with Crippen LogP contribution in [-0.2, 0) is 9.59 Å². The first-order valence-electron chi connectivity index (χ1n) is 8.61. The van der Waals surface area contributed by atoms with E-state index in [9.17, 15) is 9.59 Å². The quantitative estimate of drug-likeness (QED) is 0.705. The standard InChI is InChI=1S/C20H21N5O2/c1-14-4-6-16(7-5-14)18(23-15(2)26)12-20(27)24-17-8-9-19(21-13-17)25-11-3-10-22-25/h3-11,13,18H,12H2,1-2H3,(H,23,26)(H,24,27)/t18-/m0/s1. The van der Waals surface area contributed by atoms with Gasteiger partial charge in [-0.25, -0.2) is 9.67 Å². The second-order valence-corrected chi connectivity index (χ2v) is 6.27. The van der Waals surface area contributed by atoms with Gasteiger partial charge in [-0.1, -0.05) is 29.8 Å². The Labute approximate surface area is 157 Å². The Morgan fingerprint density at radius 3 is 2.52 bits per heavy atom. The van der Waals surface area contributed by atoms with Gasteiger partial charge in [-0.05, 0) is 30.7 Å². The molecule has 0 aliphatic carbocycles. The first kappa shape index (κ1) is 18.3. The highest BCUT2D eigenvalue weighted by Gasteiger charge is 2.17. The minimum Gasteiger partial charge on any atom is -0.349 e. The third kappa shape index (κ3) is 5.01. The van der Waals surface area contributed by atoms with Gasteiger partial charge in [0.05, 0.1) is 24.3 Å². The van der Waals surface area contributed by atoms with Crippen molar-refractivity contribution < 1.29 is 9.59 Å². The van der Waals surface area contributed by atoms with Crippen molar-refractivity contribution in [3.63, 3.8) is 0 Å². The zero-order valence-corrected chi connectivity index (χ0v) is 15.2. The number of nitrogens with one attached hydrogen (secondary N) is 2. The van der Waals surface area contributed by atoms with Crippen LogP contribution in [0.4, 0.5) is 5.69 Å². The molecule has 7 nitrogen and oxygen atoms in total. The molecule has 0 aliphatic rings. The van der Waals surface area contributed by atoms with E-state index in [0.717, 1.165) is 11.1 Å². The lowest BCUT2D eigenvalue weighted by Gasteiger charge is -2.18. The molecule has 3 rings (SSSR count). The molecule has 0 radical (unpaired) electrons. The maximum Gasteiger partial charge on any atom is 0.226 e. The predicted octanol–water partition coefficient (Wildman–Crippen LogP) is 2.78. The number of pyridine rings is 1. The molecule has 2 aromatic heterocycles. The van der Waals surface area contributed by atoms with E-state index in [1.807, 2.05) is 37.3 Å². The van der Waals surface area contributed by atoms with Crippen molar-refractivity contribution in [3.8, 4) is 5.82 Å². The normalized spacial score (nSPS) is 11.6. The summed E-state index contributed by atoms with van der Waals surface area (Å²) in [6.45, 7) is 3.43. The highest BCUT2D eigenvalue weighted by Crippen LogP contribution is 2.19. The molecule has 1 atom stereocenters. The molecule has 7 heteroatoms. The fourth-order valence-corrected chi connectivity index (χ4v) is 2.69. The van der Waals surface area contributed by atoms with Crippen LogP contribution in [0.3, 0.4) is 0 Å². The van der Waals surface area contributed by atoms with Crippen molar-refractivity contribution in [2.75, 3.05) is 5.32 Å². The molecule has 0 saturated heterocycles. The number of aryl methyl sites for hydroxylation is 1. The number of carbonyl (C=O) groups excluding carboxylic acids is 2. The van der Waals surface area contributed by atoms with E-state index in [1.54, 1.807) is 35.4 Å². The minimum absolute atomic E-state index is 0.129. The van der Waals surface area contributed by atoms with Crippen molar-refractivity contribution in [2.45, 2.75) is 26.3 Å². The van der Waals surface area contributed by atoms with Crippen LogP contribution in [0.1, 0.15) is 30.5 Å². The summed E-state index contributed by atoms with van der Waals surface area (Å²) in [5, 5.41) is 9.76. The average molecular weight is 363 g/mol. The number of rotatable bonds is 6. The first-order valence-corrected chi connectivity index (χ1v) is 8.61. The molecule has 27 heavy (non-hydrogen) atoms. The zero-order chi connectivity index (χ0) is 19.2. The largest absolute Gasteiger partial charge is 0.349 e. The summed E-state index contributed by atoms with van der Waals surface area (Å²) in [6, 6.07) is 12.7. The predicted molar refractivity (Wildman–Crippen MR) is 102 cm³/mol. The van der Waals surface area contributed by atoms with E-state index in [1.165, 1.54) is 6.92 Å². The van der Waals surface area contributed by atoms with Gasteiger partial charge in [-0.15, -0.1) is 0 Å². The molecule has 1 aromatic carbocycles.